The van der Waals surface area contributed by atoms with Gasteiger partial charge in [-0.15, -0.1) is 0 Å². The Bertz CT molecular complexity index is 401. The van der Waals surface area contributed by atoms with E-state index in [0.29, 0.717) is 5.70 Å². The Hall–Kier alpha value is -0.840. The Morgan fingerprint density at radius 1 is 1.20 bits per heavy atom. The summed E-state index contributed by atoms with van der Waals surface area (Å²) in [6.45, 7) is 3.36. The normalized spacial score (nSPS) is 25.8. The molecule has 0 bridgehead atoms. The molecular formula is C10H16N2O2S. The molecule has 0 aromatic carbocycles. The van der Waals surface area contributed by atoms with Gasteiger partial charge in [-0.2, -0.15) is 0 Å². The van der Waals surface area contributed by atoms with Crippen molar-refractivity contribution in [3.63, 3.8) is 0 Å². The summed E-state index contributed by atoms with van der Waals surface area (Å²) < 4.78 is 23.5. The zero-order valence-corrected chi connectivity index (χ0v) is 9.76. The Balaban J connectivity index is 2.21. The average Bonchev–Trinajstić information content (AvgIpc) is 2.41. The first-order chi connectivity index (χ1) is 7.09. The smallest absolute Gasteiger partial charge is 0.234 e. The van der Waals surface area contributed by atoms with Crippen molar-refractivity contribution in [2.45, 2.75) is 32.6 Å². The van der Waals surface area contributed by atoms with Crippen molar-refractivity contribution >= 4 is 15.0 Å². The van der Waals surface area contributed by atoms with Crippen molar-refractivity contribution in [1.82, 2.24) is 4.90 Å². The van der Waals surface area contributed by atoms with Gasteiger partial charge in [0, 0.05) is 13.1 Å². The lowest BCUT2D eigenvalue weighted by atomic mass is 10.2. The minimum absolute atomic E-state index is 0.266. The summed E-state index contributed by atoms with van der Waals surface area (Å²) in [5.74, 6) is 0. The van der Waals surface area contributed by atoms with E-state index in [4.69, 9.17) is 0 Å². The van der Waals surface area contributed by atoms with E-state index in [1.807, 2.05) is 4.90 Å². The largest absolute Gasteiger partial charge is 0.347 e. The van der Waals surface area contributed by atoms with E-state index in [2.05, 4.69) is 4.99 Å². The molecule has 0 aromatic heterocycles. The fourth-order valence-electron chi connectivity index (χ4n) is 2.03. The molecule has 0 saturated carbocycles. The molecule has 0 spiro atoms. The Labute approximate surface area is 90.6 Å². The number of allylic oxidation sites excluding steroid dienone is 1. The minimum Gasteiger partial charge on any atom is -0.347 e. The minimum atomic E-state index is -3.24. The van der Waals surface area contributed by atoms with Gasteiger partial charge >= 0.3 is 0 Å². The van der Waals surface area contributed by atoms with Crippen molar-refractivity contribution in [3.8, 4) is 0 Å². The Kier molecular flexibility index (Phi) is 2.82. The average molecular weight is 228 g/mol. The topological polar surface area (TPSA) is 49.7 Å². The van der Waals surface area contributed by atoms with Gasteiger partial charge in [0.1, 0.15) is 0 Å². The van der Waals surface area contributed by atoms with Crippen LogP contribution < -0.4 is 0 Å². The van der Waals surface area contributed by atoms with Crippen LogP contribution in [0.4, 0.5) is 0 Å². The molecule has 0 aliphatic carbocycles. The molecule has 2 rings (SSSR count). The van der Waals surface area contributed by atoms with Crippen LogP contribution in [-0.4, -0.2) is 31.6 Å². The summed E-state index contributed by atoms with van der Waals surface area (Å²) in [7, 11) is -3.24. The highest BCUT2D eigenvalue weighted by Gasteiger charge is 2.28. The molecular weight excluding hydrogens is 212 g/mol. The number of hydrogen-bond donors (Lipinski definition) is 0. The molecule has 2 heterocycles. The molecule has 0 radical (unpaired) electrons. The van der Waals surface area contributed by atoms with Gasteiger partial charge in [0.05, 0.1) is 11.1 Å². The maximum absolute atomic E-state index is 11.7. The van der Waals surface area contributed by atoms with Crippen molar-refractivity contribution in [1.29, 1.82) is 0 Å². The van der Waals surface area contributed by atoms with Gasteiger partial charge in [0.25, 0.3) is 0 Å². The zero-order chi connectivity index (χ0) is 10.9. The molecule has 1 fully saturated rings. The summed E-state index contributed by atoms with van der Waals surface area (Å²) in [5.41, 5.74) is 0.592. The fourth-order valence-corrected chi connectivity index (χ4v) is 3.45. The van der Waals surface area contributed by atoms with Crippen LogP contribution in [0.1, 0.15) is 32.6 Å². The second kappa shape index (κ2) is 3.96. The monoisotopic (exact) mass is 228 g/mol. The molecule has 2 aliphatic rings. The standard InChI is InChI=1S/C10H16N2O2S/c1-9-8-15(13,14)10(11-9)12-6-4-2-3-5-7-12/h8H,2-7H2,1H3. The second-order valence-corrected chi connectivity index (χ2v) is 5.79. The molecule has 2 aliphatic heterocycles. The van der Waals surface area contributed by atoms with Crippen LogP contribution in [0, 0.1) is 0 Å². The van der Waals surface area contributed by atoms with Crippen molar-refractivity contribution < 1.29 is 8.42 Å². The molecule has 0 atom stereocenters. The van der Waals surface area contributed by atoms with Crippen molar-refractivity contribution in [3.05, 3.63) is 11.1 Å². The van der Waals surface area contributed by atoms with Crippen LogP contribution in [-0.2, 0) is 9.84 Å². The van der Waals surface area contributed by atoms with E-state index in [1.165, 1.54) is 18.2 Å². The molecule has 0 aromatic rings. The van der Waals surface area contributed by atoms with Gasteiger partial charge in [-0.05, 0) is 19.8 Å². The Morgan fingerprint density at radius 2 is 1.80 bits per heavy atom. The van der Waals surface area contributed by atoms with Crippen LogP contribution >= 0.6 is 0 Å². The van der Waals surface area contributed by atoms with Gasteiger partial charge in [-0.1, -0.05) is 12.8 Å². The van der Waals surface area contributed by atoms with Crippen molar-refractivity contribution in [2.75, 3.05) is 13.1 Å². The van der Waals surface area contributed by atoms with E-state index in [0.717, 1.165) is 25.9 Å². The maximum Gasteiger partial charge on any atom is 0.234 e. The number of nitrogens with zero attached hydrogens (tertiary/aromatic N) is 2. The molecule has 0 N–H and O–H groups in total. The quantitative estimate of drug-likeness (QED) is 0.631. The second-order valence-electron chi connectivity index (χ2n) is 4.10. The van der Waals surface area contributed by atoms with E-state index in [9.17, 15) is 8.42 Å². The van der Waals surface area contributed by atoms with Gasteiger partial charge in [-0.25, -0.2) is 13.4 Å². The van der Waals surface area contributed by atoms with Crippen LogP contribution in [0.5, 0.6) is 0 Å². The van der Waals surface area contributed by atoms with Gasteiger partial charge < -0.3 is 4.90 Å². The fraction of sp³-hybridized carbons (Fsp3) is 0.700. The number of rotatable bonds is 0. The number of likely N-dealkylation sites (tertiary alicyclic amines) is 1. The highest BCUT2D eigenvalue weighted by atomic mass is 32.2. The summed E-state index contributed by atoms with van der Waals surface area (Å²) >= 11 is 0. The first-order valence-corrected chi connectivity index (χ1v) is 6.91. The van der Waals surface area contributed by atoms with Gasteiger partial charge in [0.15, 0.2) is 0 Å². The van der Waals surface area contributed by atoms with Crippen LogP contribution in [0.25, 0.3) is 0 Å². The Morgan fingerprint density at radius 3 is 2.27 bits per heavy atom. The molecule has 5 heteroatoms. The molecule has 4 nitrogen and oxygen atoms in total. The number of hydrogen-bond acceptors (Lipinski definition) is 4. The number of sulfone groups is 1. The summed E-state index contributed by atoms with van der Waals surface area (Å²) in [4.78, 5) is 6.03. The predicted molar refractivity (Wildman–Crippen MR) is 60.2 cm³/mol. The molecule has 0 unspecified atom stereocenters. The van der Waals surface area contributed by atoms with Crippen LogP contribution in [0.3, 0.4) is 0 Å². The summed E-state index contributed by atoms with van der Waals surface area (Å²) in [6, 6.07) is 0. The van der Waals surface area contributed by atoms with Crippen LogP contribution in [0.15, 0.2) is 16.1 Å². The number of aliphatic imine (C=N–C) groups is 1. The summed E-state index contributed by atoms with van der Waals surface area (Å²) in [6.07, 6.45) is 4.51. The van der Waals surface area contributed by atoms with E-state index in [-0.39, 0.29) is 5.17 Å². The van der Waals surface area contributed by atoms with Crippen molar-refractivity contribution in [2.24, 2.45) is 4.99 Å². The van der Waals surface area contributed by atoms with E-state index < -0.39 is 9.84 Å². The lowest BCUT2D eigenvalue weighted by Gasteiger charge is -2.20. The molecule has 1 saturated heterocycles. The van der Waals surface area contributed by atoms with E-state index >= 15 is 0 Å². The lowest BCUT2D eigenvalue weighted by molar-refractivity contribution is 0.440. The predicted octanol–water partition coefficient (Wildman–Crippen LogP) is 1.51. The number of amidine groups is 1. The van der Waals surface area contributed by atoms with Gasteiger partial charge in [0.2, 0.25) is 15.0 Å². The van der Waals surface area contributed by atoms with Gasteiger partial charge in [-0.3, -0.25) is 0 Å². The third-order valence-electron chi connectivity index (χ3n) is 2.73. The van der Waals surface area contributed by atoms with Crippen LogP contribution in [0.2, 0.25) is 0 Å². The third-order valence-corrected chi connectivity index (χ3v) is 4.24. The molecule has 15 heavy (non-hydrogen) atoms. The lowest BCUT2D eigenvalue weighted by Crippen LogP contribution is -2.35. The highest BCUT2D eigenvalue weighted by molar-refractivity contribution is 8.09. The molecule has 0 amide bonds. The zero-order valence-electron chi connectivity index (χ0n) is 8.94. The third kappa shape index (κ3) is 2.22. The first-order valence-electron chi connectivity index (χ1n) is 5.37. The highest BCUT2D eigenvalue weighted by Crippen LogP contribution is 2.19. The summed E-state index contributed by atoms with van der Waals surface area (Å²) in [5, 5.41) is 1.52. The first kappa shape index (κ1) is 10.7. The maximum atomic E-state index is 11.7. The molecule has 84 valence electrons. The van der Waals surface area contributed by atoms with E-state index in [1.54, 1.807) is 6.92 Å². The SMILES string of the molecule is CC1=CS(=O)(=O)C(N2CCCCCC2)=N1.